The van der Waals surface area contributed by atoms with Crippen molar-refractivity contribution in [3.05, 3.63) is 17.7 Å². The second kappa shape index (κ2) is 4.27. The van der Waals surface area contributed by atoms with Crippen molar-refractivity contribution in [2.24, 2.45) is 5.73 Å². The van der Waals surface area contributed by atoms with E-state index in [9.17, 15) is 0 Å². The fraction of sp³-hybridized carbons (Fsp3) is 0.286. The summed E-state index contributed by atoms with van der Waals surface area (Å²) in [6, 6.07) is 3.39. The van der Waals surface area contributed by atoms with Gasteiger partial charge in [0.05, 0.1) is 0 Å². The first-order valence-electron chi connectivity index (χ1n) is 3.38. The standard InChI is InChI=1S/C7H12N4.BrH/c1-4(8)5-2-3-6(9)11-7(5)10;/h2-4H,8H2,1H3,(H4,9,10,11);1H. The van der Waals surface area contributed by atoms with Crippen LogP contribution in [0.4, 0.5) is 11.6 Å². The molecule has 0 aliphatic carbocycles. The molecular weight excluding hydrogens is 220 g/mol. The number of aromatic nitrogens is 1. The van der Waals surface area contributed by atoms with E-state index in [-0.39, 0.29) is 23.0 Å². The predicted octanol–water partition coefficient (Wildman–Crippen LogP) is 0.844. The number of nitrogens with zero attached hydrogens (tertiary/aromatic N) is 1. The van der Waals surface area contributed by atoms with Crippen molar-refractivity contribution in [3.63, 3.8) is 0 Å². The van der Waals surface area contributed by atoms with E-state index in [0.29, 0.717) is 11.6 Å². The second-order valence-corrected chi connectivity index (χ2v) is 2.50. The van der Waals surface area contributed by atoms with E-state index in [2.05, 4.69) is 4.98 Å². The minimum Gasteiger partial charge on any atom is -0.384 e. The number of nitrogen functional groups attached to an aromatic ring is 2. The molecule has 0 bridgehead atoms. The molecule has 0 aliphatic rings. The van der Waals surface area contributed by atoms with Gasteiger partial charge >= 0.3 is 0 Å². The Morgan fingerprint density at radius 2 is 1.92 bits per heavy atom. The third-order valence-electron chi connectivity index (χ3n) is 1.47. The highest BCUT2D eigenvalue weighted by molar-refractivity contribution is 8.93. The quantitative estimate of drug-likeness (QED) is 0.670. The summed E-state index contributed by atoms with van der Waals surface area (Å²) in [7, 11) is 0. The van der Waals surface area contributed by atoms with E-state index >= 15 is 0 Å². The molecule has 1 atom stereocenters. The Labute approximate surface area is 81.9 Å². The maximum atomic E-state index is 5.60. The van der Waals surface area contributed by atoms with E-state index in [4.69, 9.17) is 17.2 Å². The van der Waals surface area contributed by atoms with Crippen LogP contribution in [0.15, 0.2) is 12.1 Å². The van der Waals surface area contributed by atoms with Crippen molar-refractivity contribution >= 4 is 28.6 Å². The molecule has 4 nitrogen and oxygen atoms in total. The van der Waals surface area contributed by atoms with Crippen LogP contribution in [0.2, 0.25) is 0 Å². The molecule has 0 fully saturated rings. The molecule has 0 radical (unpaired) electrons. The summed E-state index contributed by atoms with van der Waals surface area (Å²) in [4.78, 5) is 3.87. The van der Waals surface area contributed by atoms with Crippen LogP contribution in [0, 0.1) is 0 Å². The zero-order valence-electron chi connectivity index (χ0n) is 6.82. The molecule has 0 amide bonds. The smallest absolute Gasteiger partial charge is 0.130 e. The summed E-state index contributed by atoms with van der Waals surface area (Å²) in [5.74, 6) is 0.840. The lowest BCUT2D eigenvalue weighted by molar-refractivity contribution is 0.816. The third-order valence-corrected chi connectivity index (χ3v) is 1.47. The molecule has 68 valence electrons. The van der Waals surface area contributed by atoms with Crippen LogP contribution in [-0.4, -0.2) is 4.98 Å². The van der Waals surface area contributed by atoms with Crippen LogP contribution < -0.4 is 17.2 Å². The number of halogens is 1. The van der Waals surface area contributed by atoms with Crippen LogP contribution in [-0.2, 0) is 0 Å². The van der Waals surface area contributed by atoms with Crippen molar-refractivity contribution in [1.82, 2.24) is 4.98 Å². The van der Waals surface area contributed by atoms with E-state index < -0.39 is 0 Å². The zero-order chi connectivity index (χ0) is 8.43. The third kappa shape index (κ3) is 2.35. The molecule has 1 aromatic heterocycles. The Morgan fingerprint density at radius 1 is 1.33 bits per heavy atom. The number of rotatable bonds is 1. The van der Waals surface area contributed by atoms with Gasteiger partial charge in [0, 0.05) is 11.6 Å². The Balaban J connectivity index is 0.00000121. The number of hydrogen-bond donors (Lipinski definition) is 3. The Hall–Kier alpha value is -0.810. The number of anilines is 2. The molecule has 6 N–H and O–H groups in total. The summed E-state index contributed by atoms with van der Waals surface area (Å²) in [5.41, 5.74) is 17.4. The highest BCUT2D eigenvalue weighted by atomic mass is 79.9. The maximum Gasteiger partial charge on any atom is 0.130 e. The van der Waals surface area contributed by atoms with Gasteiger partial charge < -0.3 is 17.2 Å². The summed E-state index contributed by atoms with van der Waals surface area (Å²) < 4.78 is 0. The van der Waals surface area contributed by atoms with Gasteiger partial charge in [-0.2, -0.15) is 0 Å². The Kier molecular flexibility index (Phi) is 3.99. The molecule has 1 heterocycles. The van der Waals surface area contributed by atoms with Crippen LogP contribution in [0.3, 0.4) is 0 Å². The molecule has 0 aromatic carbocycles. The molecule has 1 unspecified atom stereocenters. The van der Waals surface area contributed by atoms with Crippen LogP contribution in [0.25, 0.3) is 0 Å². The van der Waals surface area contributed by atoms with E-state index in [1.165, 1.54) is 0 Å². The van der Waals surface area contributed by atoms with Gasteiger partial charge in [-0.25, -0.2) is 4.98 Å². The van der Waals surface area contributed by atoms with Crippen molar-refractivity contribution in [1.29, 1.82) is 0 Å². The first kappa shape index (κ1) is 11.2. The lowest BCUT2D eigenvalue weighted by atomic mass is 10.1. The largest absolute Gasteiger partial charge is 0.384 e. The monoisotopic (exact) mass is 232 g/mol. The van der Waals surface area contributed by atoms with Crippen LogP contribution >= 0.6 is 17.0 Å². The van der Waals surface area contributed by atoms with Crippen molar-refractivity contribution in [3.8, 4) is 0 Å². The Bertz CT molecular complexity index is 262. The van der Waals surface area contributed by atoms with Gasteiger partial charge in [0.2, 0.25) is 0 Å². The normalized spacial score (nSPS) is 11.8. The molecule has 0 saturated carbocycles. The fourth-order valence-electron chi connectivity index (χ4n) is 0.886. The summed E-state index contributed by atoms with van der Waals surface area (Å²) in [6.07, 6.45) is 0. The maximum absolute atomic E-state index is 5.60. The highest BCUT2D eigenvalue weighted by Crippen LogP contribution is 2.16. The number of pyridine rings is 1. The minimum absolute atomic E-state index is 0. The molecule has 1 aromatic rings. The van der Waals surface area contributed by atoms with Crippen molar-refractivity contribution in [2.45, 2.75) is 13.0 Å². The zero-order valence-corrected chi connectivity index (χ0v) is 8.53. The lowest BCUT2D eigenvalue weighted by Crippen LogP contribution is -2.10. The summed E-state index contributed by atoms with van der Waals surface area (Å²) in [5, 5.41) is 0. The average molecular weight is 233 g/mol. The van der Waals surface area contributed by atoms with Crippen molar-refractivity contribution in [2.75, 3.05) is 11.5 Å². The van der Waals surface area contributed by atoms with Gasteiger partial charge in [-0.1, -0.05) is 6.07 Å². The minimum atomic E-state index is -0.0944. The molecule has 0 aliphatic heterocycles. The van der Waals surface area contributed by atoms with E-state index in [0.717, 1.165) is 5.56 Å². The Morgan fingerprint density at radius 3 is 2.33 bits per heavy atom. The van der Waals surface area contributed by atoms with Gasteiger partial charge in [0.1, 0.15) is 11.6 Å². The SMILES string of the molecule is Br.CC(N)c1ccc(N)nc1N. The van der Waals surface area contributed by atoms with Gasteiger partial charge in [-0.05, 0) is 13.0 Å². The number of hydrogen-bond acceptors (Lipinski definition) is 4. The first-order valence-corrected chi connectivity index (χ1v) is 3.38. The predicted molar refractivity (Wildman–Crippen MR) is 56.0 cm³/mol. The van der Waals surface area contributed by atoms with E-state index in [1.807, 2.05) is 6.92 Å². The highest BCUT2D eigenvalue weighted by Gasteiger charge is 2.04. The molecule has 5 heteroatoms. The average Bonchev–Trinajstić information content (AvgIpc) is 1.85. The second-order valence-electron chi connectivity index (χ2n) is 2.50. The molecule has 0 spiro atoms. The van der Waals surface area contributed by atoms with Gasteiger partial charge in [-0.15, -0.1) is 17.0 Å². The topological polar surface area (TPSA) is 91.0 Å². The van der Waals surface area contributed by atoms with Gasteiger partial charge in [0.15, 0.2) is 0 Å². The molecular formula is C7H13BrN4. The summed E-state index contributed by atoms with van der Waals surface area (Å²) in [6.45, 7) is 1.85. The number of nitrogens with two attached hydrogens (primary N) is 3. The van der Waals surface area contributed by atoms with Crippen LogP contribution in [0.5, 0.6) is 0 Å². The first-order chi connectivity index (χ1) is 5.11. The van der Waals surface area contributed by atoms with Crippen LogP contribution in [0.1, 0.15) is 18.5 Å². The lowest BCUT2D eigenvalue weighted by Gasteiger charge is -2.07. The molecule has 12 heavy (non-hydrogen) atoms. The molecule has 0 saturated heterocycles. The van der Waals surface area contributed by atoms with Gasteiger partial charge in [0.25, 0.3) is 0 Å². The molecule has 1 rings (SSSR count). The van der Waals surface area contributed by atoms with Gasteiger partial charge in [-0.3, -0.25) is 0 Å². The summed E-state index contributed by atoms with van der Waals surface area (Å²) >= 11 is 0. The van der Waals surface area contributed by atoms with E-state index in [1.54, 1.807) is 12.1 Å². The fourth-order valence-corrected chi connectivity index (χ4v) is 0.886. The van der Waals surface area contributed by atoms with Crippen molar-refractivity contribution < 1.29 is 0 Å².